The Labute approximate surface area is 91.0 Å². The average Bonchev–Trinajstić information content (AvgIpc) is 2.86. The van der Waals surface area contributed by atoms with Crippen LogP contribution in [-0.2, 0) is 0 Å². The van der Waals surface area contributed by atoms with Gasteiger partial charge in [-0.25, -0.2) is 0 Å². The highest BCUT2D eigenvalue weighted by atomic mass is 16.7. The van der Waals surface area contributed by atoms with E-state index in [4.69, 9.17) is 9.47 Å². The van der Waals surface area contributed by atoms with Gasteiger partial charge in [0.1, 0.15) is 0 Å². The first-order valence-electron chi connectivity index (χ1n) is 4.93. The molecular weight excluding hydrogens is 208 g/mol. The van der Waals surface area contributed by atoms with Gasteiger partial charge in [0, 0.05) is 11.1 Å². The molecule has 0 amide bonds. The van der Waals surface area contributed by atoms with Crippen LogP contribution in [0.5, 0.6) is 11.5 Å². The molecule has 0 aliphatic carbocycles. The highest BCUT2D eigenvalue weighted by Crippen LogP contribution is 2.35. The highest BCUT2D eigenvalue weighted by molar-refractivity contribution is 5.66. The summed E-state index contributed by atoms with van der Waals surface area (Å²) in [6.45, 7) is 2.02. The fraction of sp³-hybridized carbons (Fsp3) is 0.182. The van der Waals surface area contributed by atoms with E-state index in [9.17, 15) is 4.79 Å². The highest BCUT2D eigenvalue weighted by Gasteiger charge is 2.15. The van der Waals surface area contributed by atoms with Crippen LogP contribution in [0.15, 0.2) is 23.0 Å². The second-order valence-corrected chi connectivity index (χ2v) is 3.65. The molecule has 3 rings (SSSR count). The summed E-state index contributed by atoms with van der Waals surface area (Å²) in [4.78, 5) is 11.3. The van der Waals surface area contributed by atoms with Crippen molar-refractivity contribution in [2.24, 2.45) is 0 Å². The number of benzene rings is 1. The number of hydrogen-bond donors (Lipinski definition) is 2. The van der Waals surface area contributed by atoms with Gasteiger partial charge in [-0.05, 0) is 25.1 Å². The second kappa shape index (κ2) is 3.16. The van der Waals surface area contributed by atoms with E-state index in [-0.39, 0.29) is 12.4 Å². The second-order valence-electron chi connectivity index (χ2n) is 3.65. The number of hydrogen-bond acceptors (Lipinski definition) is 3. The summed E-state index contributed by atoms with van der Waals surface area (Å²) in [6, 6.07) is 5.58. The molecule has 0 atom stereocenters. The smallest absolute Gasteiger partial charge is 0.267 e. The van der Waals surface area contributed by atoms with Gasteiger partial charge in [0.15, 0.2) is 11.5 Å². The van der Waals surface area contributed by atoms with Gasteiger partial charge < -0.3 is 9.47 Å². The van der Waals surface area contributed by atoms with Gasteiger partial charge in [-0.3, -0.25) is 15.0 Å². The molecule has 0 radical (unpaired) electrons. The Balaban J connectivity index is 2.14. The summed E-state index contributed by atoms with van der Waals surface area (Å²) in [5.74, 6) is 1.44. The third-order valence-corrected chi connectivity index (χ3v) is 2.68. The monoisotopic (exact) mass is 218 g/mol. The summed E-state index contributed by atoms with van der Waals surface area (Å²) >= 11 is 0. The molecule has 82 valence electrons. The molecule has 1 aliphatic rings. The SMILES string of the molecule is Cc1c(-c2ccc3c(c2)OCO3)[nH][nH]c1=O. The molecule has 0 saturated carbocycles. The largest absolute Gasteiger partial charge is 0.454 e. The third kappa shape index (κ3) is 1.21. The van der Waals surface area contributed by atoms with E-state index in [1.54, 1.807) is 6.92 Å². The lowest BCUT2D eigenvalue weighted by molar-refractivity contribution is 0.174. The molecule has 2 aromatic rings. The molecule has 0 bridgehead atoms. The minimum absolute atomic E-state index is 0.104. The maximum Gasteiger partial charge on any atom is 0.267 e. The lowest BCUT2D eigenvalue weighted by Crippen LogP contribution is -2.00. The summed E-state index contributed by atoms with van der Waals surface area (Å²) in [6.07, 6.45) is 0. The summed E-state index contributed by atoms with van der Waals surface area (Å²) < 4.78 is 10.5. The average molecular weight is 218 g/mol. The van der Waals surface area contributed by atoms with Crippen LogP contribution in [0.3, 0.4) is 0 Å². The summed E-state index contributed by atoms with van der Waals surface area (Å²) in [7, 11) is 0. The van der Waals surface area contributed by atoms with Gasteiger partial charge >= 0.3 is 0 Å². The van der Waals surface area contributed by atoms with Gasteiger partial charge in [0.25, 0.3) is 5.56 Å². The van der Waals surface area contributed by atoms with Crippen molar-refractivity contribution in [1.29, 1.82) is 0 Å². The minimum atomic E-state index is -0.104. The van der Waals surface area contributed by atoms with Crippen LogP contribution in [0.25, 0.3) is 11.3 Å². The zero-order valence-electron chi connectivity index (χ0n) is 8.66. The third-order valence-electron chi connectivity index (χ3n) is 2.68. The maximum atomic E-state index is 11.3. The van der Waals surface area contributed by atoms with E-state index in [2.05, 4.69) is 10.2 Å². The molecule has 16 heavy (non-hydrogen) atoms. The van der Waals surface area contributed by atoms with Crippen LogP contribution in [0.4, 0.5) is 0 Å². The number of rotatable bonds is 1. The van der Waals surface area contributed by atoms with Crippen LogP contribution >= 0.6 is 0 Å². The van der Waals surface area contributed by atoms with Crippen molar-refractivity contribution in [2.45, 2.75) is 6.92 Å². The molecule has 0 unspecified atom stereocenters. The van der Waals surface area contributed by atoms with Crippen LogP contribution in [-0.4, -0.2) is 17.0 Å². The minimum Gasteiger partial charge on any atom is -0.454 e. The molecule has 2 N–H and O–H groups in total. The van der Waals surface area contributed by atoms with E-state index in [0.717, 1.165) is 17.0 Å². The standard InChI is InChI=1S/C11H10N2O3/c1-6-10(12-13-11(6)14)7-2-3-8-9(4-7)16-5-15-8/h2-4H,5H2,1H3,(H2,12,13,14). The molecule has 5 nitrogen and oxygen atoms in total. The zero-order chi connectivity index (χ0) is 11.1. The predicted molar refractivity (Wildman–Crippen MR) is 57.7 cm³/mol. The van der Waals surface area contributed by atoms with E-state index >= 15 is 0 Å². The Kier molecular flexibility index (Phi) is 1.80. The van der Waals surface area contributed by atoms with Gasteiger partial charge in [-0.2, -0.15) is 0 Å². The fourth-order valence-electron chi connectivity index (χ4n) is 1.76. The van der Waals surface area contributed by atoms with Crippen LogP contribution in [0, 0.1) is 6.92 Å². The first-order valence-corrected chi connectivity index (χ1v) is 4.93. The van der Waals surface area contributed by atoms with Crippen LogP contribution in [0.1, 0.15) is 5.56 Å². The number of fused-ring (bicyclic) bond motifs is 1. The van der Waals surface area contributed by atoms with Crippen molar-refractivity contribution in [3.8, 4) is 22.8 Å². The number of H-pyrrole nitrogens is 2. The number of aromatic amines is 2. The number of nitrogens with one attached hydrogen (secondary N) is 2. The van der Waals surface area contributed by atoms with Crippen molar-refractivity contribution >= 4 is 0 Å². The van der Waals surface area contributed by atoms with Gasteiger partial charge in [-0.1, -0.05) is 0 Å². The van der Waals surface area contributed by atoms with Gasteiger partial charge in [-0.15, -0.1) is 0 Å². The zero-order valence-corrected chi connectivity index (χ0v) is 8.66. The molecule has 0 fully saturated rings. The Hall–Kier alpha value is -2.17. The van der Waals surface area contributed by atoms with E-state index < -0.39 is 0 Å². The molecule has 2 heterocycles. The first kappa shape index (κ1) is 9.08. The maximum absolute atomic E-state index is 11.3. The Morgan fingerprint density at radius 3 is 2.75 bits per heavy atom. The molecule has 0 spiro atoms. The van der Waals surface area contributed by atoms with Crippen molar-refractivity contribution < 1.29 is 9.47 Å². The van der Waals surface area contributed by atoms with Crippen molar-refractivity contribution in [1.82, 2.24) is 10.2 Å². The summed E-state index contributed by atoms with van der Waals surface area (Å²) in [5, 5.41) is 5.40. The Morgan fingerprint density at radius 1 is 1.19 bits per heavy atom. The predicted octanol–water partition coefficient (Wildman–Crippen LogP) is 1.41. The van der Waals surface area contributed by atoms with Crippen molar-refractivity contribution in [3.63, 3.8) is 0 Å². The van der Waals surface area contributed by atoms with Gasteiger partial charge in [0.2, 0.25) is 6.79 Å². The normalized spacial score (nSPS) is 13.1. The Bertz CT molecular complexity index is 598. The van der Waals surface area contributed by atoms with E-state index in [1.807, 2.05) is 18.2 Å². The molecule has 1 aromatic heterocycles. The molecule has 1 aromatic carbocycles. The molecule has 5 heteroatoms. The summed E-state index contributed by atoms with van der Waals surface area (Å²) in [5.41, 5.74) is 2.25. The van der Waals surface area contributed by atoms with Crippen molar-refractivity contribution in [2.75, 3.05) is 6.79 Å². The first-order chi connectivity index (χ1) is 7.75. The molecule has 0 saturated heterocycles. The topological polar surface area (TPSA) is 67.1 Å². The number of ether oxygens (including phenoxy) is 2. The van der Waals surface area contributed by atoms with Crippen LogP contribution < -0.4 is 15.0 Å². The Morgan fingerprint density at radius 2 is 2.00 bits per heavy atom. The lowest BCUT2D eigenvalue weighted by Gasteiger charge is -2.01. The van der Waals surface area contributed by atoms with Crippen molar-refractivity contribution in [3.05, 3.63) is 34.1 Å². The van der Waals surface area contributed by atoms with E-state index in [0.29, 0.717) is 11.3 Å². The number of aromatic nitrogens is 2. The van der Waals surface area contributed by atoms with Gasteiger partial charge in [0.05, 0.1) is 5.69 Å². The lowest BCUT2D eigenvalue weighted by atomic mass is 10.1. The van der Waals surface area contributed by atoms with E-state index in [1.165, 1.54) is 0 Å². The van der Waals surface area contributed by atoms with Crippen LogP contribution in [0.2, 0.25) is 0 Å². The molecular formula is C11H10N2O3. The fourth-order valence-corrected chi connectivity index (χ4v) is 1.76. The quantitative estimate of drug-likeness (QED) is 0.760. The molecule has 1 aliphatic heterocycles.